The van der Waals surface area contributed by atoms with Gasteiger partial charge >= 0.3 is 5.97 Å². The Kier molecular flexibility index (Phi) is 1.93. The Morgan fingerprint density at radius 1 is 1.31 bits per heavy atom. The molecule has 0 atom stereocenters. The fraction of sp³-hybridized carbons (Fsp3) is 0.231. The van der Waals surface area contributed by atoms with Crippen molar-refractivity contribution in [3.8, 4) is 0 Å². The molecule has 0 bridgehead atoms. The summed E-state index contributed by atoms with van der Waals surface area (Å²) in [5.41, 5.74) is 1.87. The van der Waals surface area contributed by atoms with Crippen LogP contribution < -0.4 is 0 Å². The van der Waals surface area contributed by atoms with Gasteiger partial charge in [-0.15, -0.1) is 0 Å². The number of fused-ring (bicyclic) bond motifs is 1. The van der Waals surface area contributed by atoms with E-state index < -0.39 is 5.97 Å². The number of benzene rings is 1. The molecule has 1 aliphatic carbocycles. The maximum absolute atomic E-state index is 11.1. The summed E-state index contributed by atoms with van der Waals surface area (Å²) in [6, 6.07) is 9.61. The lowest BCUT2D eigenvalue weighted by Crippen LogP contribution is -2.05. The van der Waals surface area contributed by atoms with Crippen LogP contribution in [0.2, 0.25) is 0 Å². The van der Waals surface area contributed by atoms with Crippen molar-refractivity contribution < 1.29 is 9.90 Å². The first-order valence-corrected chi connectivity index (χ1v) is 5.38. The summed E-state index contributed by atoms with van der Waals surface area (Å²) >= 11 is 0. The maximum Gasteiger partial charge on any atom is 0.354 e. The molecule has 0 unspecified atom stereocenters. The van der Waals surface area contributed by atoms with Gasteiger partial charge in [-0.25, -0.2) is 9.78 Å². The number of rotatable bonds is 2. The highest BCUT2D eigenvalue weighted by atomic mass is 16.4. The molecule has 1 saturated carbocycles. The average molecular weight is 213 g/mol. The fourth-order valence-corrected chi connectivity index (χ4v) is 2.01. The lowest BCUT2D eigenvalue weighted by Gasteiger charge is -2.06. The molecule has 3 rings (SSSR count). The minimum Gasteiger partial charge on any atom is -0.477 e. The predicted octanol–water partition coefficient (Wildman–Crippen LogP) is 2.81. The predicted molar refractivity (Wildman–Crippen MR) is 60.7 cm³/mol. The Morgan fingerprint density at radius 3 is 2.75 bits per heavy atom. The third-order valence-corrected chi connectivity index (χ3v) is 2.97. The fourth-order valence-electron chi connectivity index (χ4n) is 2.01. The molecule has 3 nitrogen and oxygen atoms in total. The number of carboxylic acid groups (broad SMARTS) is 1. The summed E-state index contributed by atoms with van der Waals surface area (Å²) < 4.78 is 0. The molecule has 0 amide bonds. The topological polar surface area (TPSA) is 50.2 Å². The monoisotopic (exact) mass is 213 g/mol. The van der Waals surface area contributed by atoms with Crippen molar-refractivity contribution in [3.05, 3.63) is 41.6 Å². The Bertz CT molecular complexity index is 573. The molecular formula is C13H11NO2. The van der Waals surface area contributed by atoms with Gasteiger partial charge in [0.05, 0.1) is 5.52 Å². The molecule has 3 heteroatoms. The molecule has 1 N–H and O–H groups in total. The standard InChI is InChI=1S/C13H11NO2/c15-13(16)12-10(8-5-6-8)7-9-3-1-2-4-11(9)14-12/h1-4,7-8H,5-6H2,(H,15,16). The van der Waals surface area contributed by atoms with Crippen molar-refractivity contribution in [1.29, 1.82) is 0 Å². The number of carboxylic acids is 1. The number of carbonyl (C=O) groups is 1. The lowest BCUT2D eigenvalue weighted by atomic mass is 10.1. The summed E-state index contributed by atoms with van der Waals surface area (Å²) in [5, 5.41) is 10.2. The molecule has 80 valence electrons. The van der Waals surface area contributed by atoms with Gasteiger partial charge in [-0.2, -0.15) is 0 Å². The molecule has 1 aliphatic rings. The van der Waals surface area contributed by atoms with Crippen LogP contribution in [-0.2, 0) is 0 Å². The largest absolute Gasteiger partial charge is 0.477 e. The van der Waals surface area contributed by atoms with E-state index in [0.717, 1.165) is 29.3 Å². The second-order valence-corrected chi connectivity index (χ2v) is 4.20. The molecule has 1 aromatic carbocycles. The summed E-state index contributed by atoms with van der Waals surface area (Å²) in [5.74, 6) is -0.518. The molecule has 1 heterocycles. The number of aromatic carboxylic acids is 1. The van der Waals surface area contributed by atoms with Crippen molar-refractivity contribution >= 4 is 16.9 Å². The Morgan fingerprint density at radius 2 is 2.06 bits per heavy atom. The van der Waals surface area contributed by atoms with Gasteiger partial charge in [0.1, 0.15) is 0 Å². The molecular weight excluding hydrogens is 202 g/mol. The lowest BCUT2D eigenvalue weighted by molar-refractivity contribution is 0.0689. The van der Waals surface area contributed by atoms with Crippen molar-refractivity contribution in [2.45, 2.75) is 18.8 Å². The SMILES string of the molecule is O=C(O)c1nc2ccccc2cc1C1CC1. The van der Waals surface area contributed by atoms with E-state index in [-0.39, 0.29) is 5.69 Å². The minimum absolute atomic E-state index is 0.223. The summed E-state index contributed by atoms with van der Waals surface area (Å²) in [7, 11) is 0. The van der Waals surface area contributed by atoms with Crippen LogP contribution in [0.3, 0.4) is 0 Å². The highest BCUT2D eigenvalue weighted by Crippen LogP contribution is 2.42. The number of hydrogen-bond acceptors (Lipinski definition) is 2. The summed E-state index contributed by atoms with van der Waals surface area (Å²) in [4.78, 5) is 15.4. The minimum atomic E-state index is -0.923. The second kappa shape index (κ2) is 3.30. The Labute approximate surface area is 92.7 Å². The van der Waals surface area contributed by atoms with Crippen molar-refractivity contribution in [1.82, 2.24) is 4.98 Å². The number of hydrogen-bond donors (Lipinski definition) is 1. The number of para-hydroxylation sites is 1. The van der Waals surface area contributed by atoms with Crippen LogP contribution in [-0.4, -0.2) is 16.1 Å². The number of nitrogens with zero attached hydrogens (tertiary/aromatic N) is 1. The van der Waals surface area contributed by atoms with Gasteiger partial charge in [0.25, 0.3) is 0 Å². The molecule has 0 saturated heterocycles. The van der Waals surface area contributed by atoms with Gasteiger partial charge in [0.2, 0.25) is 0 Å². The Balaban J connectivity index is 2.28. The normalized spacial score (nSPS) is 15.2. The first-order chi connectivity index (χ1) is 7.75. The Hall–Kier alpha value is -1.90. The smallest absolute Gasteiger partial charge is 0.354 e. The van der Waals surface area contributed by atoms with Crippen molar-refractivity contribution in [2.75, 3.05) is 0 Å². The second-order valence-electron chi connectivity index (χ2n) is 4.20. The molecule has 16 heavy (non-hydrogen) atoms. The van der Waals surface area contributed by atoms with Gasteiger partial charge in [-0.1, -0.05) is 18.2 Å². The number of pyridine rings is 1. The zero-order valence-electron chi connectivity index (χ0n) is 8.68. The summed E-state index contributed by atoms with van der Waals surface area (Å²) in [6.07, 6.45) is 2.17. The van der Waals surface area contributed by atoms with Crippen LogP contribution in [0, 0.1) is 0 Å². The van der Waals surface area contributed by atoms with Gasteiger partial charge in [-0.05, 0) is 36.5 Å². The van der Waals surface area contributed by atoms with Gasteiger partial charge < -0.3 is 5.11 Å². The van der Waals surface area contributed by atoms with Crippen LogP contribution in [0.4, 0.5) is 0 Å². The molecule has 1 fully saturated rings. The molecule has 0 spiro atoms. The first-order valence-electron chi connectivity index (χ1n) is 5.38. The van der Waals surface area contributed by atoms with Gasteiger partial charge in [-0.3, -0.25) is 0 Å². The van der Waals surface area contributed by atoms with Gasteiger partial charge in [0, 0.05) is 5.39 Å². The highest BCUT2D eigenvalue weighted by molar-refractivity contribution is 5.92. The molecule has 1 aromatic heterocycles. The van der Waals surface area contributed by atoms with E-state index in [9.17, 15) is 4.79 Å². The molecule has 2 aromatic rings. The number of aromatic nitrogens is 1. The van der Waals surface area contributed by atoms with Crippen molar-refractivity contribution in [3.63, 3.8) is 0 Å². The van der Waals surface area contributed by atoms with E-state index in [1.165, 1.54) is 0 Å². The average Bonchev–Trinajstić information content (AvgIpc) is 3.11. The third-order valence-electron chi connectivity index (χ3n) is 2.97. The highest BCUT2D eigenvalue weighted by Gasteiger charge is 2.29. The maximum atomic E-state index is 11.1. The molecule has 0 radical (unpaired) electrons. The van der Waals surface area contributed by atoms with Crippen LogP contribution in [0.15, 0.2) is 30.3 Å². The van der Waals surface area contributed by atoms with Crippen LogP contribution in [0.25, 0.3) is 10.9 Å². The van der Waals surface area contributed by atoms with Gasteiger partial charge in [0.15, 0.2) is 5.69 Å². The van der Waals surface area contributed by atoms with Crippen LogP contribution in [0.5, 0.6) is 0 Å². The van der Waals surface area contributed by atoms with E-state index in [0.29, 0.717) is 5.92 Å². The van der Waals surface area contributed by atoms with E-state index >= 15 is 0 Å². The van der Waals surface area contributed by atoms with E-state index in [2.05, 4.69) is 4.98 Å². The first kappa shape index (κ1) is 9.33. The van der Waals surface area contributed by atoms with Crippen LogP contribution >= 0.6 is 0 Å². The van der Waals surface area contributed by atoms with Crippen molar-refractivity contribution in [2.24, 2.45) is 0 Å². The summed E-state index contributed by atoms with van der Waals surface area (Å²) in [6.45, 7) is 0. The third kappa shape index (κ3) is 1.45. The zero-order chi connectivity index (χ0) is 11.1. The van der Waals surface area contributed by atoms with E-state index in [4.69, 9.17) is 5.11 Å². The quantitative estimate of drug-likeness (QED) is 0.834. The van der Waals surface area contributed by atoms with Crippen LogP contribution in [0.1, 0.15) is 34.8 Å². The van der Waals surface area contributed by atoms with E-state index in [1.54, 1.807) is 0 Å². The zero-order valence-corrected chi connectivity index (χ0v) is 8.68. The molecule has 0 aliphatic heterocycles. The van der Waals surface area contributed by atoms with E-state index in [1.807, 2.05) is 30.3 Å².